The van der Waals surface area contributed by atoms with Crippen molar-refractivity contribution in [1.29, 1.82) is 0 Å². The number of aryl methyl sites for hydroxylation is 1. The van der Waals surface area contributed by atoms with E-state index in [2.05, 4.69) is 59.5 Å². The quantitative estimate of drug-likeness (QED) is 0.183. The number of nitrogens with zero attached hydrogens (tertiary/aromatic N) is 1. The second-order valence-electron chi connectivity index (χ2n) is 8.56. The molecule has 2 aromatic carbocycles. The van der Waals surface area contributed by atoms with Crippen molar-refractivity contribution in [3.63, 3.8) is 0 Å². The Morgan fingerprint density at radius 1 is 1.08 bits per heavy atom. The van der Waals surface area contributed by atoms with Crippen molar-refractivity contribution < 1.29 is 24.1 Å². The highest BCUT2D eigenvalue weighted by Crippen LogP contribution is 2.37. The zero-order valence-electron chi connectivity index (χ0n) is 21.1. The summed E-state index contributed by atoms with van der Waals surface area (Å²) in [5.74, 6) is 5.76. The number of hydrogen-bond donors (Lipinski definition) is 1. The van der Waals surface area contributed by atoms with Gasteiger partial charge in [-0.15, -0.1) is 17.3 Å². The Morgan fingerprint density at radius 2 is 1.95 bits per heavy atom. The number of methoxy groups -OCH3 is 1. The second kappa shape index (κ2) is 12.4. The number of hydrogen-bond acceptors (Lipinski definition) is 6. The first kappa shape index (κ1) is 26.2. The average Bonchev–Trinajstić information content (AvgIpc) is 3.30. The van der Waals surface area contributed by atoms with E-state index in [1.165, 1.54) is 21.2 Å². The minimum atomic E-state index is -0.891. The van der Waals surface area contributed by atoms with Gasteiger partial charge in [-0.2, -0.15) is 0 Å². The Morgan fingerprint density at radius 3 is 2.65 bits per heavy atom. The van der Waals surface area contributed by atoms with Crippen molar-refractivity contribution in [2.45, 2.75) is 32.8 Å². The fraction of sp³-hybridized carbons (Fsp3) is 0.267. The summed E-state index contributed by atoms with van der Waals surface area (Å²) >= 11 is 1.72. The third kappa shape index (κ3) is 6.67. The molecule has 37 heavy (non-hydrogen) atoms. The van der Waals surface area contributed by atoms with Crippen LogP contribution < -0.4 is 9.47 Å². The molecular formula is C30H29NO5S. The van der Waals surface area contributed by atoms with Gasteiger partial charge in [-0.3, -0.25) is 4.79 Å². The summed E-state index contributed by atoms with van der Waals surface area (Å²) in [6, 6.07) is 16.1. The highest BCUT2D eigenvalue weighted by atomic mass is 32.1. The molecule has 1 atom stereocenters. The van der Waals surface area contributed by atoms with Crippen LogP contribution in [0.3, 0.4) is 0 Å². The smallest absolute Gasteiger partial charge is 0.304 e. The van der Waals surface area contributed by atoms with Crippen molar-refractivity contribution in [2.75, 3.05) is 20.3 Å². The summed E-state index contributed by atoms with van der Waals surface area (Å²) in [6.07, 6.45) is 1.58. The molecule has 0 fully saturated rings. The third-order valence-corrected chi connectivity index (χ3v) is 6.89. The van der Waals surface area contributed by atoms with Crippen LogP contribution in [0.4, 0.5) is 0 Å². The molecule has 0 aliphatic carbocycles. The fourth-order valence-corrected chi connectivity index (χ4v) is 5.03. The molecule has 190 valence electrons. The molecule has 0 bridgehead atoms. The van der Waals surface area contributed by atoms with Gasteiger partial charge < -0.3 is 19.3 Å². The van der Waals surface area contributed by atoms with Gasteiger partial charge in [-0.05, 0) is 65.7 Å². The molecule has 0 saturated heterocycles. The molecule has 0 saturated carbocycles. The molecule has 0 unspecified atom stereocenters. The van der Waals surface area contributed by atoms with E-state index in [4.69, 9.17) is 19.3 Å². The fourth-order valence-electron chi connectivity index (χ4n) is 4.09. The Labute approximate surface area is 220 Å². The minimum Gasteiger partial charge on any atom is -0.491 e. The Bertz CT molecular complexity index is 1430. The molecule has 4 rings (SSSR count). The van der Waals surface area contributed by atoms with Crippen LogP contribution in [-0.2, 0) is 16.1 Å². The Balaban J connectivity index is 1.48. The predicted molar refractivity (Wildman–Crippen MR) is 146 cm³/mol. The van der Waals surface area contributed by atoms with Gasteiger partial charge >= 0.3 is 5.97 Å². The number of ether oxygens (including phenoxy) is 3. The van der Waals surface area contributed by atoms with Crippen molar-refractivity contribution in [2.24, 2.45) is 0 Å². The molecular weight excluding hydrogens is 486 g/mol. The lowest BCUT2D eigenvalue weighted by Crippen LogP contribution is -2.05. The van der Waals surface area contributed by atoms with Crippen molar-refractivity contribution in [1.82, 2.24) is 4.98 Å². The van der Waals surface area contributed by atoms with Crippen LogP contribution in [0.1, 0.15) is 36.0 Å². The Hall–Kier alpha value is -3.86. The largest absolute Gasteiger partial charge is 0.491 e. The standard InChI is InChI=1S/C30H29NO5S/c1-4-5-22(16-30(32)33)23-7-11-29(31-17-23)36-18-21-6-10-28-26(15-21)27(19-37-28)25-9-8-24(14-20(25)2)35-13-12-34-3/h6-11,14-15,17,19,22H,12-13,16,18H2,1-3H3,(H,32,33)/t22-/m0/s1. The van der Waals surface area contributed by atoms with Gasteiger partial charge in [-0.1, -0.05) is 24.1 Å². The number of carbonyl (C=O) groups is 1. The van der Waals surface area contributed by atoms with Crippen LogP contribution in [0.5, 0.6) is 11.6 Å². The van der Waals surface area contributed by atoms with Crippen LogP contribution >= 0.6 is 11.3 Å². The van der Waals surface area contributed by atoms with E-state index in [0.717, 1.165) is 22.4 Å². The molecule has 4 aromatic rings. The molecule has 6 nitrogen and oxygen atoms in total. The first-order valence-corrected chi connectivity index (χ1v) is 12.8. The van der Waals surface area contributed by atoms with Crippen LogP contribution in [0.25, 0.3) is 21.2 Å². The van der Waals surface area contributed by atoms with Crippen LogP contribution in [0, 0.1) is 18.8 Å². The molecule has 0 aliphatic rings. The zero-order valence-corrected chi connectivity index (χ0v) is 21.9. The summed E-state index contributed by atoms with van der Waals surface area (Å²) in [5.41, 5.74) is 5.31. The van der Waals surface area contributed by atoms with Gasteiger partial charge in [-0.25, -0.2) is 4.98 Å². The predicted octanol–water partition coefficient (Wildman–Crippen LogP) is 6.46. The van der Waals surface area contributed by atoms with E-state index in [1.54, 1.807) is 37.6 Å². The lowest BCUT2D eigenvalue weighted by atomic mass is 9.98. The molecule has 0 amide bonds. The van der Waals surface area contributed by atoms with Crippen LogP contribution in [0.15, 0.2) is 60.1 Å². The highest BCUT2D eigenvalue weighted by molar-refractivity contribution is 7.17. The molecule has 0 aliphatic heterocycles. The minimum absolute atomic E-state index is 0.0608. The molecule has 0 radical (unpaired) electrons. The lowest BCUT2D eigenvalue weighted by Gasteiger charge is -2.11. The molecule has 2 aromatic heterocycles. The maximum Gasteiger partial charge on any atom is 0.304 e. The van der Waals surface area contributed by atoms with E-state index in [0.29, 0.717) is 25.7 Å². The number of carboxylic acids is 1. The monoisotopic (exact) mass is 515 g/mol. The van der Waals surface area contributed by atoms with Crippen LogP contribution in [0.2, 0.25) is 0 Å². The number of benzene rings is 2. The van der Waals surface area contributed by atoms with E-state index < -0.39 is 11.9 Å². The van der Waals surface area contributed by atoms with Crippen LogP contribution in [-0.4, -0.2) is 36.4 Å². The number of fused-ring (bicyclic) bond motifs is 1. The SMILES string of the molecule is CC#C[C@@H](CC(=O)O)c1ccc(OCc2ccc3scc(-c4ccc(OCCOC)cc4C)c3c2)nc1. The molecule has 1 N–H and O–H groups in total. The van der Waals surface area contributed by atoms with Crippen molar-refractivity contribution in [3.8, 4) is 34.6 Å². The summed E-state index contributed by atoms with van der Waals surface area (Å²) in [5, 5.41) is 12.5. The van der Waals surface area contributed by atoms with Gasteiger partial charge in [0.05, 0.1) is 18.9 Å². The summed E-state index contributed by atoms with van der Waals surface area (Å²) in [4.78, 5) is 15.5. The van der Waals surface area contributed by atoms with Gasteiger partial charge in [0, 0.05) is 35.0 Å². The molecule has 2 heterocycles. The number of pyridine rings is 1. The number of thiophene rings is 1. The van der Waals surface area contributed by atoms with Crippen molar-refractivity contribution >= 4 is 27.4 Å². The second-order valence-corrected chi connectivity index (χ2v) is 9.47. The van der Waals surface area contributed by atoms with E-state index in [1.807, 2.05) is 12.1 Å². The molecule has 7 heteroatoms. The highest BCUT2D eigenvalue weighted by Gasteiger charge is 2.14. The number of aromatic nitrogens is 1. The van der Waals surface area contributed by atoms with Gasteiger partial charge in [0.15, 0.2) is 0 Å². The van der Waals surface area contributed by atoms with Crippen molar-refractivity contribution in [3.05, 3.63) is 76.8 Å². The summed E-state index contributed by atoms with van der Waals surface area (Å²) < 4.78 is 18.0. The van der Waals surface area contributed by atoms with E-state index in [9.17, 15) is 4.79 Å². The van der Waals surface area contributed by atoms with Gasteiger partial charge in [0.2, 0.25) is 5.88 Å². The first-order chi connectivity index (χ1) is 18.0. The third-order valence-electron chi connectivity index (χ3n) is 5.93. The number of carboxylic acid groups (broad SMARTS) is 1. The van der Waals surface area contributed by atoms with E-state index >= 15 is 0 Å². The number of rotatable bonds is 11. The van der Waals surface area contributed by atoms with Gasteiger partial charge in [0.1, 0.15) is 19.0 Å². The first-order valence-electron chi connectivity index (χ1n) is 11.9. The topological polar surface area (TPSA) is 77.9 Å². The maximum absolute atomic E-state index is 11.1. The normalized spacial score (nSPS) is 11.5. The summed E-state index contributed by atoms with van der Waals surface area (Å²) in [7, 11) is 1.66. The lowest BCUT2D eigenvalue weighted by molar-refractivity contribution is -0.137. The van der Waals surface area contributed by atoms with E-state index in [-0.39, 0.29) is 6.42 Å². The number of aliphatic carboxylic acids is 1. The maximum atomic E-state index is 11.1. The zero-order chi connectivity index (χ0) is 26.2. The van der Waals surface area contributed by atoms with Gasteiger partial charge in [0.25, 0.3) is 0 Å². The molecule has 0 spiro atoms. The average molecular weight is 516 g/mol. The summed E-state index contributed by atoms with van der Waals surface area (Å²) in [6.45, 7) is 5.24. The Kier molecular flexibility index (Phi) is 8.78.